The summed E-state index contributed by atoms with van der Waals surface area (Å²) in [6.07, 6.45) is 0.499. The zero-order chi connectivity index (χ0) is 19.9. The number of methoxy groups -OCH3 is 1. The second-order valence-corrected chi connectivity index (χ2v) is 6.66. The average molecular weight is 368 g/mol. The van der Waals surface area contributed by atoms with Crippen LogP contribution in [0.1, 0.15) is 32.8 Å². The molecular weight excluding hydrogens is 344 g/mol. The lowest BCUT2D eigenvalue weighted by Crippen LogP contribution is -2.46. The van der Waals surface area contributed by atoms with Crippen LogP contribution < -0.4 is 10.5 Å². The average Bonchev–Trinajstić information content (AvgIpc) is 3.19. The van der Waals surface area contributed by atoms with Crippen LogP contribution in [0.4, 0.5) is 0 Å². The van der Waals surface area contributed by atoms with Crippen LogP contribution in [-0.4, -0.2) is 32.1 Å². The fraction of sp³-hybridized carbons (Fsp3) is 0.550. The number of nitrogens with zero attached hydrogens (tertiary/aromatic N) is 3. The molecule has 0 amide bonds. The maximum Gasteiger partial charge on any atom is 0.293 e. The highest BCUT2D eigenvalue weighted by Crippen LogP contribution is 2.86. The summed E-state index contributed by atoms with van der Waals surface area (Å²) in [5.41, 5.74) is 3.53. The van der Waals surface area contributed by atoms with E-state index < -0.39 is 22.2 Å². The van der Waals surface area contributed by atoms with Gasteiger partial charge in [-0.25, -0.2) is 4.99 Å². The number of hydrogen-bond acceptors (Lipinski definition) is 7. The SMILES string of the molecule is CCOC1(OCC)N=C(N)[C@@]2(C#N)[C@](CC)(c3ccc(OC)cc3)[C@@]12C#N. The second kappa shape index (κ2) is 6.23. The molecule has 0 bridgehead atoms. The molecule has 3 rings (SSSR count). The van der Waals surface area contributed by atoms with Crippen LogP contribution >= 0.6 is 0 Å². The van der Waals surface area contributed by atoms with E-state index in [1.807, 2.05) is 31.2 Å². The predicted octanol–water partition coefficient (Wildman–Crippen LogP) is 2.47. The molecule has 2 N–H and O–H groups in total. The monoisotopic (exact) mass is 368 g/mol. The Hall–Kier alpha value is -2.61. The Kier molecular flexibility index (Phi) is 4.42. The first-order chi connectivity index (χ1) is 13.0. The third-order valence-electron chi connectivity index (χ3n) is 6.03. The molecule has 0 unspecified atom stereocenters. The first kappa shape index (κ1) is 19.2. The van der Waals surface area contributed by atoms with Crippen LogP contribution in [0.15, 0.2) is 29.3 Å². The molecule has 0 aromatic heterocycles. The molecule has 142 valence electrons. The summed E-state index contributed by atoms with van der Waals surface area (Å²) >= 11 is 0. The third-order valence-corrected chi connectivity index (χ3v) is 6.03. The predicted molar refractivity (Wildman–Crippen MR) is 98.7 cm³/mol. The largest absolute Gasteiger partial charge is 0.497 e. The molecule has 0 saturated heterocycles. The third kappa shape index (κ3) is 1.79. The van der Waals surface area contributed by atoms with E-state index in [0.29, 0.717) is 12.2 Å². The number of rotatable bonds is 7. The van der Waals surface area contributed by atoms with Crippen molar-refractivity contribution in [1.29, 1.82) is 10.5 Å². The van der Waals surface area contributed by atoms with Gasteiger partial charge in [0, 0.05) is 13.2 Å². The van der Waals surface area contributed by atoms with E-state index in [9.17, 15) is 10.5 Å². The topological polar surface area (TPSA) is 114 Å². The number of nitrogens with two attached hydrogens (primary N) is 1. The van der Waals surface area contributed by atoms with Gasteiger partial charge in [-0.05, 0) is 38.0 Å². The van der Waals surface area contributed by atoms with Crippen molar-refractivity contribution in [2.45, 2.75) is 38.5 Å². The quantitative estimate of drug-likeness (QED) is 0.740. The van der Waals surface area contributed by atoms with Crippen molar-refractivity contribution in [3.8, 4) is 17.9 Å². The highest BCUT2D eigenvalue weighted by molar-refractivity contribution is 6.02. The van der Waals surface area contributed by atoms with Crippen LogP contribution in [0, 0.1) is 33.5 Å². The lowest BCUT2D eigenvalue weighted by Gasteiger charge is -2.35. The molecule has 1 aliphatic heterocycles. The summed E-state index contributed by atoms with van der Waals surface area (Å²) in [5.74, 6) is -0.831. The molecule has 7 heteroatoms. The Morgan fingerprint density at radius 3 is 2.04 bits per heavy atom. The van der Waals surface area contributed by atoms with E-state index in [1.54, 1.807) is 21.0 Å². The number of amidine groups is 1. The van der Waals surface area contributed by atoms with Gasteiger partial charge in [0.15, 0.2) is 10.8 Å². The van der Waals surface area contributed by atoms with Gasteiger partial charge in [-0.1, -0.05) is 19.1 Å². The Morgan fingerprint density at radius 1 is 1.04 bits per heavy atom. The van der Waals surface area contributed by atoms with Gasteiger partial charge in [-0.3, -0.25) is 0 Å². The van der Waals surface area contributed by atoms with Crippen LogP contribution in [0.25, 0.3) is 0 Å². The second-order valence-electron chi connectivity index (χ2n) is 6.66. The Labute approximate surface area is 159 Å². The first-order valence-corrected chi connectivity index (χ1v) is 9.08. The lowest BCUT2D eigenvalue weighted by atomic mass is 9.80. The van der Waals surface area contributed by atoms with Crippen LogP contribution in [0.2, 0.25) is 0 Å². The van der Waals surface area contributed by atoms with Gasteiger partial charge >= 0.3 is 0 Å². The van der Waals surface area contributed by atoms with Gasteiger partial charge in [-0.15, -0.1) is 0 Å². The van der Waals surface area contributed by atoms with Gasteiger partial charge < -0.3 is 19.9 Å². The van der Waals surface area contributed by atoms with Crippen molar-refractivity contribution in [2.75, 3.05) is 20.3 Å². The molecule has 1 aromatic carbocycles. The van der Waals surface area contributed by atoms with Crippen molar-refractivity contribution in [3.63, 3.8) is 0 Å². The van der Waals surface area contributed by atoms with Crippen molar-refractivity contribution in [3.05, 3.63) is 29.8 Å². The molecule has 27 heavy (non-hydrogen) atoms. The zero-order valence-corrected chi connectivity index (χ0v) is 16.1. The normalized spacial score (nSPS) is 32.7. The van der Waals surface area contributed by atoms with E-state index in [4.69, 9.17) is 19.9 Å². The number of benzene rings is 1. The van der Waals surface area contributed by atoms with E-state index in [0.717, 1.165) is 5.56 Å². The molecule has 7 nitrogen and oxygen atoms in total. The zero-order valence-electron chi connectivity index (χ0n) is 16.1. The maximum absolute atomic E-state index is 10.4. The molecule has 1 saturated carbocycles. The van der Waals surface area contributed by atoms with Crippen molar-refractivity contribution < 1.29 is 14.2 Å². The fourth-order valence-corrected chi connectivity index (χ4v) is 5.11. The maximum atomic E-state index is 10.4. The lowest BCUT2D eigenvalue weighted by molar-refractivity contribution is -0.258. The molecule has 1 aliphatic carbocycles. The minimum atomic E-state index is -1.61. The van der Waals surface area contributed by atoms with Crippen LogP contribution in [-0.2, 0) is 14.9 Å². The summed E-state index contributed by atoms with van der Waals surface area (Å²) in [5, 5.41) is 20.6. The number of hydrogen-bond donors (Lipinski definition) is 1. The van der Waals surface area contributed by atoms with Gasteiger partial charge in [0.25, 0.3) is 5.91 Å². The molecular formula is C20H24N4O3. The standard InChI is InChI=1S/C20H24N4O3/c1-5-17(14-8-10-15(25-4)11-9-14)18(12-21)16(23)24-20(26-6-2,27-7-3)19(17,18)13-22/h8-11H,5-7H2,1-4H3,(H2,23,24)/t17-,18-,19+/m0/s1. The van der Waals surface area contributed by atoms with Gasteiger partial charge in [0.2, 0.25) is 0 Å². The smallest absolute Gasteiger partial charge is 0.293 e. The van der Waals surface area contributed by atoms with Gasteiger partial charge in [-0.2, -0.15) is 10.5 Å². The van der Waals surface area contributed by atoms with Crippen LogP contribution in [0.3, 0.4) is 0 Å². The number of aliphatic imine (C=N–C) groups is 1. The van der Waals surface area contributed by atoms with Crippen molar-refractivity contribution in [1.82, 2.24) is 0 Å². The summed E-state index contributed by atoms with van der Waals surface area (Å²) in [7, 11) is 1.59. The Bertz CT molecular complexity index is 847. The minimum absolute atomic E-state index is 0.0890. The molecule has 0 spiro atoms. The van der Waals surface area contributed by atoms with E-state index >= 15 is 0 Å². The molecule has 3 atom stereocenters. The Balaban J connectivity index is 2.31. The van der Waals surface area contributed by atoms with Crippen molar-refractivity contribution in [2.24, 2.45) is 21.6 Å². The van der Waals surface area contributed by atoms with E-state index in [1.165, 1.54) is 0 Å². The fourth-order valence-electron chi connectivity index (χ4n) is 5.11. The summed E-state index contributed by atoms with van der Waals surface area (Å²) in [4.78, 5) is 4.40. The Morgan fingerprint density at radius 2 is 1.63 bits per heavy atom. The number of ether oxygens (including phenoxy) is 3. The molecule has 1 aromatic rings. The van der Waals surface area contributed by atoms with E-state index in [-0.39, 0.29) is 19.0 Å². The highest BCUT2D eigenvalue weighted by atomic mass is 16.7. The summed E-state index contributed by atoms with van der Waals surface area (Å²) in [6, 6.07) is 12.1. The molecule has 1 heterocycles. The van der Waals surface area contributed by atoms with Crippen molar-refractivity contribution >= 4 is 5.84 Å². The number of fused-ring (bicyclic) bond motifs is 1. The van der Waals surface area contributed by atoms with Crippen LogP contribution in [0.5, 0.6) is 5.75 Å². The number of nitriles is 2. The van der Waals surface area contributed by atoms with Gasteiger partial charge in [0.05, 0.1) is 24.7 Å². The molecule has 0 radical (unpaired) electrons. The molecule has 1 fully saturated rings. The summed E-state index contributed by atoms with van der Waals surface area (Å²) in [6.45, 7) is 6.07. The van der Waals surface area contributed by atoms with Gasteiger partial charge in [0.1, 0.15) is 11.6 Å². The van der Waals surface area contributed by atoms with E-state index in [2.05, 4.69) is 17.1 Å². The first-order valence-electron chi connectivity index (χ1n) is 9.08. The summed E-state index contributed by atoms with van der Waals surface area (Å²) < 4.78 is 17.1. The highest BCUT2D eigenvalue weighted by Gasteiger charge is 3.00. The minimum Gasteiger partial charge on any atom is -0.497 e. The molecule has 2 aliphatic rings.